The molecule has 0 aliphatic heterocycles. The lowest BCUT2D eigenvalue weighted by Gasteiger charge is -2.23. The molecule has 192 valence electrons. The third-order valence-electron chi connectivity index (χ3n) is 5.72. The molecule has 3 aromatic rings. The third kappa shape index (κ3) is 7.10. The fourth-order valence-corrected chi connectivity index (χ4v) is 4.66. The summed E-state index contributed by atoms with van der Waals surface area (Å²) in [5.74, 6) is 0.746. The molecule has 0 fully saturated rings. The van der Waals surface area contributed by atoms with Crippen molar-refractivity contribution in [1.29, 1.82) is 0 Å². The number of rotatable bonds is 12. The summed E-state index contributed by atoms with van der Waals surface area (Å²) < 4.78 is 31.0. The van der Waals surface area contributed by atoms with Gasteiger partial charge in [0.1, 0.15) is 17.2 Å². The van der Waals surface area contributed by atoms with Gasteiger partial charge in [-0.15, -0.1) is 0 Å². The fraction of sp³-hybridized carbons (Fsp3) is 0.345. The number of aryl methyl sites for hydroxylation is 2. The monoisotopic (exact) mass is 510 g/mol. The second-order valence-electron chi connectivity index (χ2n) is 9.13. The highest BCUT2D eigenvalue weighted by Crippen LogP contribution is 2.30. The van der Waals surface area contributed by atoms with Crippen LogP contribution in [0.3, 0.4) is 0 Å². The van der Waals surface area contributed by atoms with E-state index in [-0.39, 0.29) is 6.10 Å². The lowest BCUT2D eigenvalue weighted by atomic mass is 10.1. The van der Waals surface area contributed by atoms with E-state index in [1.807, 2.05) is 68.4 Å². The Bertz CT molecular complexity index is 1210. The SMILES string of the molecule is CCc1ccc(O[C@@H](C)CCOc2ccc(OC(C)(C)C(=O)O)c(C)c2)c([S@](=O)c2ccccc2)c1. The van der Waals surface area contributed by atoms with Crippen molar-refractivity contribution in [2.24, 2.45) is 0 Å². The quantitative estimate of drug-likeness (QED) is 0.312. The summed E-state index contributed by atoms with van der Waals surface area (Å²) in [7, 11) is -1.34. The Hall–Kier alpha value is -3.32. The molecule has 0 bridgehead atoms. The van der Waals surface area contributed by atoms with Gasteiger partial charge in [0.15, 0.2) is 5.60 Å². The van der Waals surface area contributed by atoms with E-state index in [1.165, 1.54) is 13.8 Å². The maximum atomic E-state index is 13.3. The van der Waals surface area contributed by atoms with Crippen molar-refractivity contribution in [3.8, 4) is 17.2 Å². The molecule has 0 aliphatic rings. The number of aliphatic carboxylic acids is 1. The molecule has 0 unspecified atom stereocenters. The molecule has 0 saturated carbocycles. The van der Waals surface area contributed by atoms with E-state index < -0.39 is 22.4 Å². The van der Waals surface area contributed by atoms with Crippen molar-refractivity contribution in [3.05, 3.63) is 77.9 Å². The van der Waals surface area contributed by atoms with Crippen LogP contribution in [0.25, 0.3) is 0 Å². The maximum absolute atomic E-state index is 13.3. The Morgan fingerprint density at radius 3 is 2.36 bits per heavy atom. The minimum absolute atomic E-state index is 0.163. The van der Waals surface area contributed by atoms with Crippen molar-refractivity contribution in [2.75, 3.05) is 6.61 Å². The molecule has 2 atom stereocenters. The number of hydrogen-bond acceptors (Lipinski definition) is 5. The van der Waals surface area contributed by atoms with Gasteiger partial charge in [0.2, 0.25) is 0 Å². The highest BCUT2D eigenvalue weighted by molar-refractivity contribution is 7.85. The van der Waals surface area contributed by atoms with Crippen LogP contribution >= 0.6 is 0 Å². The summed E-state index contributed by atoms with van der Waals surface area (Å²) in [4.78, 5) is 12.7. The minimum atomic E-state index is -1.34. The molecule has 0 heterocycles. The lowest BCUT2D eigenvalue weighted by Crippen LogP contribution is -2.38. The fourth-order valence-electron chi connectivity index (χ4n) is 3.45. The van der Waals surface area contributed by atoms with Crippen LogP contribution in [0.4, 0.5) is 0 Å². The van der Waals surface area contributed by atoms with Gasteiger partial charge in [-0.3, -0.25) is 0 Å². The minimum Gasteiger partial charge on any atom is -0.493 e. The molecule has 0 radical (unpaired) electrons. The van der Waals surface area contributed by atoms with E-state index in [0.717, 1.165) is 22.4 Å². The Morgan fingerprint density at radius 1 is 1.03 bits per heavy atom. The van der Waals surface area contributed by atoms with Crippen molar-refractivity contribution in [3.63, 3.8) is 0 Å². The second kappa shape index (κ2) is 12.1. The van der Waals surface area contributed by atoms with Crippen molar-refractivity contribution in [1.82, 2.24) is 0 Å². The first kappa shape index (κ1) is 27.3. The predicted molar refractivity (Wildman–Crippen MR) is 141 cm³/mol. The van der Waals surface area contributed by atoms with Crippen LogP contribution in [0.15, 0.2) is 76.5 Å². The summed E-state index contributed by atoms with van der Waals surface area (Å²) in [6.45, 7) is 9.32. The van der Waals surface area contributed by atoms with Crippen LogP contribution in [-0.4, -0.2) is 33.6 Å². The van der Waals surface area contributed by atoms with Crippen molar-refractivity contribution < 1.29 is 28.3 Å². The van der Waals surface area contributed by atoms with E-state index in [4.69, 9.17) is 14.2 Å². The van der Waals surface area contributed by atoms with Gasteiger partial charge in [0.05, 0.1) is 28.4 Å². The second-order valence-corrected chi connectivity index (χ2v) is 10.6. The number of carboxylic acids is 1. The van der Waals surface area contributed by atoms with Gasteiger partial charge < -0.3 is 19.3 Å². The summed E-state index contributed by atoms with van der Waals surface area (Å²) in [5, 5.41) is 9.28. The Morgan fingerprint density at radius 2 is 1.72 bits per heavy atom. The first-order chi connectivity index (χ1) is 17.1. The molecule has 3 rings (SSSR count). The van der Waals surface area contributed by atoms with Crippen LogP contribution in [0, 0.1) is 6.92 Å². The van der Waals surface area contributed by atoms with Crippen LogP contribution in [-0.2, 0) is 22.0 Å². The molecule has 1 N–H and O–H groups in total. The zero-order chi connectivity index (χ0) is 26.3. The Balaban J connectivity index is 1.62. The standard InChI is InChI=1S/C29H34O6S/c1-6-22-12-14-26(27(19-22)36(32)24-10-8-7-9-11-24)34-21(3)16-17-33-23-13-15-25(20(2)18-23)35-29(4,5)28(30)31/h7-15,18-19,21H,6,16-17H2,1-5H3,(H,30,31)/t21-,36+/m0/s1. The van der Waals surface area contributed by atoms with Gasteiger partial charge in [-0.2, -0.15) is 0 Å². The number of carboxylic acid groups (broad SMARTS) is 1. The normalized spacial score (nSPS) is 13.0. The molecule has 0 aromatic heterocycles. The number of carbonyl (C=O) groups is 1. The van der Waals surface area contributed by atoms with Crippen molar-refractivity contribution >= 4 is 16.8 Å². The largest absolute Gasteiger partial charge is 0.493 e. The van der Waals surface area contributed by atoms with Gasteiger partial charge in [0, 0.05) is 11.3 Å². The Kier molecular flexibility index (Phi) is 9.15. The number of hydrogen-bond donors (Lipinski definition) is 1. The summed E-state index contributed by atoms with van der Waals surface area (Å²) in [6, 6.07) is 20.5. The number of benzene rings is 3. The third-order valence-corrected chi connectivity index (χ3v) is 7.14. The highest BCUT2D eigenvalue weighted by atomic mass is 32.2. The van der Waals surface area contributed by atoms with Gasteiger partial charge in [-0.25, -0.2) is 9.00 Å². The van der Waals surface area contributed by atoms with E-state index in [2.05, 4.69) is 6.92 Å². The average molecular weight is 511 g/mol. The van der Waals surface area contributed by atoms with Crippen molar-refractivity contribution in [2.45, 2.75) is 69.0 Å². The first-order valence-electron chi connectivity index (χ1n) is 12.0. The molecular weight excluding hydrogens is 476 g/mol. The van der Waals surface area contributed by atoms with Crippen LogP contribution < -0.4 is 14.2 Å². The van der Waals surface area contributed by atoms with Gasteiger partial charge in [-0.05, 0) is 87.7 Å². The molecule has 0 aliphatic carbocycles. The zero-order valence-corrected chi connectivity index (χ0v) is 22.3. The van der Waals surface area contributed by atoms with E-state index in [9.17, 15) is 14.1 Å². The molecule has 36 heavy (non-hydrogen) atoms. The molecule has 0 spiro atoms. The summed E-state index contributed by atoms with van der Waals surface area (Å²) >= 11 is 0. The molecular formula is C29H34O6S. The molecule has 0 amide bonds. The van der Waals surface area contributed by atoms with E-state index >= 15 is 0 Å². The van der Waals surface area contributed by atoms with E-state index in [1.54, 1.807) is 12.1 Å². The number of ether oxygens (including phenoxy) is 3. The summed E-state index contributed by atoms with van der Waals surface area (Å²) in [6.07, 6.45) is 1.31. The average Bonchev–Trinajstić information content (AvgIpc) is 2.86. The van der Waals surface area contributed by atoms with E-state index in [0.29, 0.717) is 35.2 Å². The first-order valence-corrected chi connectivity index (χ1v) is 13.2. The molecule has 7 heteroatoms. The highest BCUT2D eigenvalue weighted by Gasteiger charge is 2.30. The topological polar surface area (TPSA) is 82.1 Å². The lowest BCUT2D eigenvalue weighted by molar-refractivity contribution is -0.152. The Labute approximate surface area is 215 Å². The van der Waals surface area contributed by atoms with Crippen LogP contribution in [0.2, 0.25) is 0 Å². The molecule has 0 saturated heterocycles. The summed E-state index contributed by atoms with van der Waals surface area (Å²) in [5.41, 5.74) is 0.570. The molecule has 3 aromatic carbocycles. The van der Waals surface area contributed by atoms with Gasteiger partial charge in [-0.1, -0.05) is 31.2 Å². The molecule has 6 nitrogen and oxygen atoms in total. The van der Waals surface area contributed by atoms with Crippen LogP contribution in [0.1, 0.15) is 45.2 Å². The zero-order valence-electron chi connectivity index (χ0n) is 21.4. The smallest absolute Gasteiger partial charge is 0.347 e. The maximum Gasteiger partial charge on any atom is 0.347 e. The predicted octanol–water partition coefficient (Wildman–Crippen LogP) is 6.20. The van der Waals surface area contributed by atoms with Crippen LogP contribution in [0.5, 0.6) is 17.2 Å². The van der Waals surface area contributed by atoms with Gasteiger partial charge in [0.25, 0.3) is 0 Å². The van der Waals surface area contributed by atoms with Gasteiger partial charge >= 0.3 is 5.97 Å².